The highest BCUT2D eigenvalue weighted by Crippen LogP contribution is 2.39. The van der Waals surface area contributed by atoms with Gasteiger partial charge in [-0.2, -0.15) is 0 Å². The summed E-state index contributed by atoms with van der Waals surface area (Å²) in [6.45, 7) is 1.55. The van der Waals surface area contributed by atoms with Crippen LogP contribution in [-0.2, 0) is 16.1 Å². The first kappa shape index (κ1) is 23.6. The number of thiocarbonyl (C=S) groups is 1. The molecule has 2 saturated heterocycles. The predicted molar refractivity (Wildman–Crippen MR) is 135 cm³/mol. The van der Waals surface area contributed by atoms with Crippen molar-refractivity contribution in [1.82, 2.24) is 4.90 Å². The zero-order valence-electron chi connectivity index (χ0n) is 17.3. The molecule has 0 N–H and O–H groups in total. The van der Waals surface area contributed by atoms with Crippen LogP contribution in [0.2, 0.25) is 5.02 Å². The van der Waals surface area contributed by atoms with Crippen molar-refractivity contribution < 1.29 is 19.0 Å². The third-order valence-electron chi connectivity index (χ3n) is 5.19. The topological polar surface area (TPSA) is 48.0 Å². The van der Waals surface area contributed by atoms with Crippen LogP contribution in [-0.4, -0.2) is 41.5 Å². The average Bonchev–Trinajstić information content (AvgIpc) is 3.39. The van der Waals surface area contributed by atoms with Crippen LogP contribution in [0.1, 0.15) is 24.0 Å². The zero-order valence-corrected chi connectivity index (χ0v) is 21.3. The number of benzene rings is 2. The Morgan fingerprint density at radius 3 is 2.88 bits per heavy atom. The van der Waals surface area contributed by atoms with E-state index in [1.165, 1.54) is 11.8 Å². The lowest BCUT2D eigenvalue weighted by Crippen LogP contribution is -2.35. The summed E-state index contributed by atoms with van der Waals surface area (Å²) in [6, 6.07) is 11.2. The largest absolute Gasteiger partial charge is 0.493 e. The Labute approximate surface area is 210 Å². The van der Waals surface area contributed by atoms with E-state index < -0.39 is 0 Å². The molecule has 9 heteroatoms. The van der Waals surface area contributed by atoms with Crippen molar-refractivity contribution >= 4 is 67.8 Å². The smallest absolute Gasteiger partial charge is 0.266 e. The Balaban J connectivity index is 1.52. The molecule has 0 aromatic heterocycles. The normalized spacial score (nSPS) is 19.8. The van der Waals surface area contributed by atoms with Crippen LogP contribution < -0.4 is 9.47 Å². The summed E-state index contributed by atoms with van der Waals surface area (Å²) in [7, 11) is 1.58. The summed E-state index contributed by atoms with van der Waals surface area (Å²) in [6.07, 6.45) is 3.85. The van der Waals surface area contributed by atoms with E-state index in [-0.39, 0.29) is 12.0 Å². The Morgan fingerprint density at radius 2 is 2.16 bits per heavy atom. The molecule has 0 spiro atoms. The van der Waals surface area contributed by atoms with Gasteiger partial charge >= 0.3 is 0 Å². The first-order chi connectivity index (χ1) is 15.5. The molecule has 0 aliphatic carbocycles. The van der Waals surface area contributed by atoms with Crippen molar-refractivity contribution in [2.24, 2.45) is 0 Å². The fourth-order valence-electron chi connectivity index (χ4n) is 3.50. The first-order valence-electron chi connectivity index (χ1n) is 10.1. The molecular weight excluding hydrogens is 534 g/mol. The van der Waals surface area contributed by atoms with E-state index in [1.807, 2.05) is 42.5 Å². The van der Waals surface area contributed by atoms with Crippen molar-refractivity contribution in [3.8, 4) is 11.5 Å². The number of carbonyl (C=O) groups is 1. The summed E-state index contributed by atoms with van der Waals surface area (Å²) < 4.78 is 18.5. The number of methoxy groups -OCH3 is 1. The third kappa shape index (κ3) is 5.31. The molecule has 1 atom stereocenters. The second-order valence-electron chi connectivity index (χ2n) is 7.33. The number of thioether (sulfide) groups is 1. The van der Waals surface area contributed by atoms with Crippen LogP contribution in [0, 0.1) is 0 Å². The maximum absolute atomic E-state index is 12.9. The van der Waals surface area contributed by atoms with Gasteiger partial charge in [-0.3, -0.25) is 9.69 Å². The van der Waals surface area contributed by atoms with Gasteiger partial charge in [0.1, 0.15) is 10.9 Å². The molecule has 2 aliphatic rings. The number of nitrogens with zero attached hydrogens (tertiary/aromatic N) is 1. The molecule has 2 aromatic rings. The number of hydrogen-bond donors (Lipinski definition) is 0. The second kappa shape index (κ2) is 10.6. The van der Waals surface area contributed by atoms with Gasteiger partial charge in [-0.25, -0.2) is 0 Å². The summed E-state index contributed by atoms with van der Waals surface area (Å²) in [5.74, 6) is 1.03. The first-order valence-corrected chi connectivity index (χ1v) is 12.5. The van der Waals surface area contributed by atoms with Crippen molar-refractivity contribution in [2.75, 3.05) is 20.3 Å². The van der Waals surface area contributed by atoms with Crippen LogP contribution in [0.15, 0.2) is 45.8 Å². The average molecular weight is 555 g/mol. The minimum atomic E-state index is -0.0968. The van der Waals surface area contributed by atoms with Gasteiger partial charge in [0.2, 0.25) is 0 Å². The number of carbonyl (C=O) groups excluding carboxylic acids is 1. The van der Waals surface area contributed by atoms with Gasteiger partial charge in [0, 0.05) is 21.7 Å². The Bertz CT molecular complexity index is 1070. The lowest BCUT2D eigenvalue weighted by Gasteiger charge is -2.18. The fourth-order valence-corrected chi connectivity index (χ4v) is 5.39. The molecule has 2 fully saturated rings. The number of rotatable bonds is 7. The maximum atomic E-state index is 12.9. The number of hydrogen-bond acceptors (Lipinski definition) is 6. The SMILES string of the molecule is COc1cc(/C=C2\SC(=S)N(C[C@H]3CCCO3)C2=O)c(Br)cc1OCc1ccccc1Cl. The van der Waals surface area contributed by atoms with Crippen LogP contribution in [0.3, 0.4) is 0 Å². The fraction of sp³-hybridized carbons (Fsp3) is 0.304. The minimum Gasteiger partial charge on any atom is -0.493 e. The Hall–Kier alpha value is -1.58. The summed E-state index contributed by atoms with van der Waals surface area (Å²) >= 11 is 16.6. The summed E-state index contributed by atoms with van der Waals surface area (Å²) in [4.78, 5) is 15.1. The number of ether oxygens (including phenoxy) is 3. The highest BCUT2D eigenvalue weighted by Gasteiger charge is 2.34. The Morgan fingerprint density at radius 1 is 1.34 bits per heavy atom. The molecule has 4 rings (SSSR count). The van der Waals surface area contributed by atoms with Crippen molar-refractivity contribution in [3.63, 3.8) is 0 Å². The second-order valence-corrected chi connectivity index (χ2v) is 10.3. The lowest BCUT2D eigenvalue weighted by atomic mass is 10.1. The molecule has 0 bridgehead atoms. The third-order valence-corrected chi connectivity index (χ3v) is 7.63. The molecule has 0 unspecified atom stereocenters. The van der Waals surface area contributed by atoms with E-state index in [2.05, 4.69) is 15.9 Å². The molecular formula is C23H21BrClNO4S2. The van der Waals surface area contributed by atoms with Crippen molar-refractivity contribution in [1.29, 1.82) is 0 Å². The molecule has 0 radical (unpaired) electrons. The van der Waals surface area contributed by atoms with Gasteiger partial charge in [0.25, 0.3) is 5.91 Å². The van der Waals surface area contributed by atoms with Crippen LogP contribution in [0.4, 0.5) is 0 Å². The van der Waals surface area contributed by atoms with E-state index in [9.17, 15) is 4.79 Å². The van der Waals surface area contributed by atoms with E-state index >= 15 is 0 Å². The van der Waals surface area contributed by atoms with Gasteiger partial charge in [-0.15, -0.1) is 0 Å². The van der Waals surface area contributed by atoms with Gasteiger partial charge in [0.05, 0.1) is 24.7 Å². The zero-order chi connectivity index (χ0) is 22.7. The molecule has 5 nitrogen and oxygen atoms in total. The van der Waals surface area contributed by atoms with E-state index in [0.29, 0.717) is 38.9 Å². The standard InChI is InChI=1S/C23H21BrClNO4S2/c1-28-19-9-15(17(24)11-20(19)30-13-14-5-2-3-7-18(14)25)10-21-22(27)26(23(31)32-21)12-16-6-4-8-29-16/h2-3,5,7,9-11,16H,4,6,8,12-13H2,1H3/b21-10-/t16-/m1/s1. The number of amides is 1. The number of halogens is 2. The van der Waals surface area contributed by atoms with Crippen LogP contribution >= 0.6 is 51.5 Å². The maximum Gasteiger partial charge on any atom is 0.266 e. The molecule has 32 heavy (non-hydrogen) atoms. The molecule has 0 saturated carbocycles. The molecule has 2 heterocycles. The van der Waals surface area contributed by atoms with Gasteiger partial charge in [-0.05, 0) is 42.7 Å². The van der Waals surface area contributed by atoms with Crippen molar-refractivity contribution in [3.05, 3.63) is 61.9 Å². The van der Waals surface area contributed by atoms with E-state index in [4.69, 9.17) is 38.0 Å². The Kier molecular flexibility index (Phi) is 7.78. The van der Waals surface area contributed by atoms with Gasteiger partial charge in [0.15, 0.2) is 11.5 Å². The van der Waals surface area contributed by atoms with E-state index in [1.54, 1.807) is 12.0 Å². The van der Waals surface area contributed by atoms with Crippen LogP contribution in [0.25, 0.3) is 6.08 Å². The lowest BCUT2D eigenvalue weighted by molar-refractivity contribution is -0.123. The minimum absolute atomic E-state index is 0.0539. The van der Waals surface area contributed by atoms with Crippen molar-refractivity contribution in [2.45, 2.75) is 25.6 Å². The molecule has 2 aliphatic heterocycles. The molecule has 168 valence electrons. The quantitative estimate of drug-likeness (QED) is 0.306. The van der Waals surface area contributed by atoms with E-state index in [0.717, 1.165) is 35.0 Å². The predicted octanol–water partition coefficient (Wildman–Crippen LogP) is 6.07. The van der Waals surface area contributed by atoms with Crippen LogP contribution in [0.5, 0.6) is 11.5 Å². The van der Waals surface area contributed by atoms with Gasteiger partial charge in [-0.1, -0.05) is 69.7 Å². The molecule has 1 amide bonds. The molecule has 2 aromatic carbocycles. The monoisotopic (exact) mass is 553 g/mol. The van der Waals surface area contributed by atoms with Gasteiger partial charge < -0.3 is 14.2 Å². The highest BCUT2D eigenvalue weighted by atomic mass is 79.9. The summed E-state index contributed by atoms with van der Waals surface area (Å²) in [5, 5.41) is 0.646. The summed E-state index contributed by atoms with van der Waals surface area (Å²) in [5.41, 5.74) is 1.68. The highest BCUT2D eigenvalue weighted by molar-refractivity contribution is 9.10.